The SMILES string of the molecule is CC(CC(F)(F)F)Oc1ccc(Cl)cc1. The Kier molecular flexibility index (Phi) is 3.85. The number of benzene rings is 1. The number of hydrogen-bond acceptors (Lipinski definition) is 1. The van der Waals surface area contributed by atoms with Gasteiger partial charge in [0.1, 0.15) is 11.9 Å². The van der Waals surface area contributed by atoms with E-state index in [-0.39, 0.29) is 0 Å². The summed E-state index contributed by atoms with van der Waals surface area (Å²) in [5.41, 5.74) is 0. The van der Waals surface area contributed by atoms with E-state index in [4.69, 9.17) is 16.3 Å². The fraction of sp³-hybridized carbons (Fsp3) is 0.400. The molecule has 5 heteroatoms. The highest BCUT2D eigenvalue weighted by Gasteiger charge is 2.30. The van der Waals surface area contributed by atoms with Crippen molar-refractivity contribution in [3.05, 3.63) is 29.3 Å². The third-order valence-electron chi connectivity index (χ3n) is 1.67. The van der Waals surface area contributed by atoms with E-state index in [1.807, 2.05) is 0 Å². The lowest BCUT2D eigenvalue weighted by Gasteiger charge is -2.16. The molecule has 0 aliphatic carbocycles. The molecule has 1 atom stereocenters. The van der Waals surface area contributed by atoms with E-state index in [0.717, 1.165) is 0 Å². The minimum Gasteiger partial charge on any atom is -0.490 e. The van der Waals surface area contributed by atoms with Gasteiger partial charge in [0.05, 0.1) is 6.42 Å². The first-order valence-electron chi connectivity index (χ1n) is 4.36. The van der Waals surface area contributed by atoms with Crippen molar-refractivity contribution in [1.29, 1.82) is 0 Å². The number of halogens is 4. The summed E-state index contributed by atoms with van der Waals surface area (Å²) >= 11 is 5.62. The first-order valence-corrected chi connectivity index (χ1v) is 4.73. The molecule has 0 saturated carbocycles. The van der Waals surface area contributed by atoms with Gasteiger partial charge in [-0.05, 0) is 31.2 Å². The second-order valence-electron chi connectivity index (χ2n) is 3.20. The Balaban J connectivity index is 2.51. The van der Waals surface area contributed by atoms with Gasteiger partial charge >= 0.3 is 6.18 Å². The summed E-state index contributed by atoms with van der Waals surface area (Å²) in [5.74, 6) is 0.385. The van der Waals surface area contributed by atoms with Crippen molar-refractivity contribution >= 4 is 11.6 Å². The van der Waals surface area contributed by atoms with Crippen molar-refractivity contribution in [1.82, 2.24) is 0 Å². The molecule has 0 amide bonds. The molecule has 0 saturated heterocycles. The fourth-order valence-corrected chi connectivity index (χ4v) is 1.24. The molecule has 15 heavy (non-hydrogen) atoms. The largest absolute Gasteiger partial charge is 0.490 e. The number of alkyl halides is 3. The molecule has 0 bridgehead atoms. The first kappa shape index (κ1) is 12.2. The molecule has 0 spiro atoms. The van der Waals surface area contributed by atoms with Crippen molar-refractivity contribution in [2.24, 2.45) is 0 Å². The normalized spacial score (nSPS) is 13.7. The lowest BCUT2D eigenvalue weighted by atomic mass is 10.2. The minimum absolute atomic E-state index is 0.385. The highest BCUT2D eigenvalue weighted by Crippen LogP contribution is 2.24. The summed E-state index contributed by atoms with van der Waals surface area (Å²) in [6, 6.07) is 6.21. The molecule has 0 aliphatic heterocycles. The van der Waals surface area contributed by atoms with E-state index in [1.165, 1.54) is 19.1 Å². The van der Waals surface area contributed by atoms with Gasteiger partial charge in [-0.15, -0.1) is 0 Å². The van der Waals surface area contributed by atoms with E-state index in [1.54, 1.807) is 12.1 Å². The predicted molar refractivity (Wildman–Crippen MR) is 52.2 cm³/mol. The summed E-state index contributed by atoms with van der Waals surface area (Å²) in [4.78, 5) is 0. The van der Waals surface area contributed by atoms with Crippen LogP contribution in [0.25, 0.3) is 0 Å². The summed E-state index contributed by atoms with van der Waals surface area (Å²) in [6.07, 6.45) is -6.06. The van der Waals surface area contributed by atoms with Crippen molar-refractivity contribution < 1.29 is 17.9 Å². The Morgan fingerprint density at radius 1 is 1.27 bits per heavy atom. The zero-order valence-electron chi connectivity index (χ0n) is 8.01. The number of ether oxygens (including phenoxy) is 1. The van der Waals surface area contributed by atoms with Crippen LogP contribution in [0.3, 0.4) is 0 Å². The Morgan fingerprint density at radius 2 is 1.80 bits per heavy atom. The van der Waals surface area contributed by atoms with Crippen LogP contribution in [-0.4, -0.2) is 12.3 Å². The van der Waals surface area contributed by atoms with Crippen LogP contribution >= 0.6 is 11.6 Å². The van der Waals surface area contributed by atoms with Crippen LogP contribution in [0.5, 0.6) is 5.75 Å². The van der Waals surface area contributed by atoms with Crippen molar-refractivity contribution in [3.63, 3.8) is 0 Å². The van der Waals surface area contributed by atoms with Gasteiger partial charge in [-0.1, -0.05) is 11.6 Å². The highest BCUT2D eigenvalue weighted by atomic mass is 35.5. The van der Waals surface area contributed by atoms with Gasteiger partial charge in [-0.3, -0.25) is 0 Å². The average molecular weight is 239 g/mol. The second kappa shape index (κ2) is 4.75. The Morgan fingerprint density at radius 3 is 2.27 bits per heavy atom. The zero-order valence-corrected chi connectivity index (χ0v) is 8.77. The number of hydrogen-bond donors (Lipinski definition) is 0. The molecule has 1 rings (SSSR count). The average Bonchev–Trinajstić information content (AvgIpc) is 2.05. The lowest BCUT2D eigenvalue weighted by Crippen LogP contribution is -2.21. The molecule has 84 valence electrons. The standard InChI is InChI=1S/C10H10ClF3O/c1-7(6-10(12,13)14)15-9-4-2-8(11)3-5-9/h2-5,7H,6H2,1H3. The summed E-state index contributed by atoms with van der Waals surface area (Å²) < 4.78 is 41.0. The van der Waals surface area contributed by atoms with Crippen LogP contribution in [0.2, 0.25) is 5.02 Å². The monoisotopic (exact) mass is 238 g/mol. The van der Waals surface area contributed by atoms with E-state index < -0.39 is 18.7 Å². The van der Waals surface area contributed by atoms with Crippen LogP contribution in [0.4, 0.5) is 13.2 Å². The Bertz CT molecular complexity index is 307. The summed E-state index contributed by atoms with van der Waals surface area (Å²) in [6.45, 7) is 1.38. The third-order valence-corrected chi connectivity index (χ3v) is 1.92. The van der Waals surface area contributed by atoms with Gasteiger partial charge in [-0.25, -0.2) is 0 Å². The van der Waals surface area contributed by atoms with Crippen molar-refractivity contribution in [3.8, 4) is 5.75 Å². The lowest BCUT2D eigenvalue weighted by molar-refractivity contribution is -0.148. The first-order chi connectivity index (χ1) is 6.87. The fourth-order valence-electron chi connectivity index (χ4n) is 1.11. The third kappa shape index (κ3) is 4.93. The van der Waals surface area contributed by atoms with E-state index in [0.29, 0.717) is 10.8 Å². The van der Waals surface area contributed by atoms with Gasteiger partial charge in [0.15, 0.2) is 0 Å². The minimum atomic E-state index is -4.20. The molecule has 0 heterocycles. The maximum atomic E-state index is 12.0. The Labute approximate surface area is 90.8 Å². The van der Waals surface area contributed by atoms with Crippen molar-refractivity contribution in [2.45, 2.75) is 25.6 Å². The quantitative estimate of drug-likeness (QED) is 0.772. The van der Waals surface area contributed by atoms with Gasteiger partial charge in [0.2, 0.25) is 0 Å². The molecule has 0 aromatic heterocycles. The molecule has 0 N–H and O–H groups in total. The molecule has 1 aromatic carbocycles. The highest BCUT2D eigenvalue weighted by molar-refractivity contribution is 6.30. The van der Waals surface area contributed by atoms with E-state index >= 15 is 0 Å². The van der Waals surface area contributed by atoms with Gasteiger partial charge in [0.25, 0.3) is 0 Å². The van der Waals surface area contributed by atoms with Crippen LogP contribution < -0.4 is 4.74 Å². The second-order valence-corrected chi connectivity index (χ2v) is 3.64. The zero-order chi connectivity index (χ0) is 11.5. The molecular weight excluding hydrogens is 229 g/mol. The molecule has 1 nitrogen and oxygen atoms in total. The molecule has 1 aromatic rings. The van der Waals surface area contributed by atoms with Gasteiger partial charge in [-0.2, -0.15) is 13.2 Å². The molecular formula is C10H10ClF3O. The molecule has 1 unspecified atom stereocenters. The molecule has 0 aliphatic rings. The maximum Gasteiger partial charge on any atom is 0.392 e. The maximum absolute atomic E-state index is 12.0. The number of rotatable bonds is 3. The van der Waals surface area contributed by atoms with Crippen molar-refractivity contribution in [2.75, 3.05) is 0 Å². The molecule has 0 fully saturated rings. The van der Waals surface area contributed by atoms with Gasteiger partial charge in [0, 0.05) is 5.02 Å². The smallest absolute Gasteiger partial charge is 0.392 e. The molecule has 0 radical (unpaired) electrons. The topological polar surface area (TPSA) is 9.23 Å². The van der Waals surface area contributed by atoms with Gasteiger partial charge < -0.3 is 4.74 Å². The van der Waals surface area contributed by atoms with Crippen LogP contribution in [-0.2, 0) is 0 Å². The summed E-state index contributed by atoms with van der Waals surface area (Å²) in [7, 11) is 0. The van der Waals surface area contributed by atoms with E-state index in [9.17, 15) is 13.2 Å². The van der Waals surface area contributed by atoms with Crippen LogP contribution in [0.15, 0.2) is 24.3 Å². The van der Waals surface area contributed by atoms with Crippen LogP contribution in [0, 0.1) is 0 Å². The van der Waals surface area contributed by atoms with E-state index in [2.05, 4.69) is 0 Å². The summed E-state index contributed by atoms with van der Waals surface area (Å²) in [5, 5.41) is 0.519. The van der Waals surface area contributed by atoms with Crippen LogP contribution in [0.1, 0.15) is 13.3 Å². The Hall–Kier alpha value is -0.900. The predicted octanol–water partition coefficient (Wildman–Crippen LogP) is 4.06.